The molecule has 2 aliphatic rings. The maximum absolute atomic E-state index is 11.5. The van der Waals surface area contributed by atoms with Crippen molar-refractivity contribution in [1.82, 2.24) is 0 Å². The Morgan fingerprint density at radius 1 is 1.50 bits per heavy atom. The SMILES string of the molecule is CC12CCC(=O)C[C@H]1CC[C@@H](OC=O)C2Br. The average molecular weight is 289 g/mol. The molecule has 0 bridgehead atoms. The predicted molar refractivity (Wildman–Crippen MR) is 63.3 cm³/mol. The summed E-state index contributed by atoms with van der Waals surface area (Å²) in [5.74, 6) is 0.835. The lowest BCUT2D eigenvalue weighted by Crippen LogP contribution is -2.50. The second-order valence-corrected chi connectivity index (χ2v) is 6.18. The van der Waals surface area contributed by atoms with Crippen LogP contribution in [0.25, 0.3) is 0 Å². The van der Waals surface area contributed by atoms with Gasteiger partial charge in [0.05, 0.1) is 4.83 Å². The normalized spacial score (nSPS) is 43.6. The Kier molecular flexibility index (Phi) is 3.38. The maximum atomic E-state index is 11.5. The van der Waals surface area contributed by atoms with E-state index in [1.54, 1.807) is 0 Å². The molecule has 0 aromatic carbocycles. The molecule has 4 atom stereocenters. The number of alkyl halides is 1. The molecule has 0 heterocycles. The van der Waals surface area contributed by atoms with Crippen LogP contribution in [-0.2, 0) is 14.3 Å². The predicted octanol–water partition coefficient (Wildman–Crippen LogP) is 2.46. The van der Waals surface area contributed by atoms with Crippen molar-refractivity contribution < 1.29 is 14.3 Å². The molecule has 3 nitrogen and oxygen atoms in total. The Morgan fingerprint density at radius 3 is 2.94 bits per heavy atom. The molecule has 0 aromatic heterocycles. The second-order valence-electron chi connectivity index (χ2n) is 5.20. The summed E-state index contributed by atoms with van der Waals surface area (Å²) in [6.07, 6.45) is 4.10. The molecule has 0 aliphatic heterocycles. The summed E-state index contributed by atoms with van der Waals surface area (Å²) >= 11 is 3.68. The Morgan fingerprint density at radius 2 is 2.25 bits per heavy atom. The van der Waals surface area contributed by atoms with E-state index in [2.05, 4.69) is 22.9 Å². The number of rotatable bonds is 2. The molecule has 4 heteroatoms. The van der Waals surface area contributed by atoms with Crippen molar-refractivity contribution >= 4 is 28.2 Å². The summed E-state index contributed by atoms with van der Waals surface area (Å²) in [6, 6.07) is 0. The quantitative estimate of drug-likeness (QED) is 0.579. The highest BCUT2D eigenvalue weighted by molar-refractivity contribution is 9.09. The molecule has 0 aromatic rings. The molecule has 2 rings (SSSR count). The van der Waals surface area contributed by atoms with Crippen molar-refractivity contribution in [2.24, 2.45) is 11.3 Å². The first-order chi connectivity index (χ1) is 7.58. The van der Waals surface area contributed by atoms with E-state index in [0.717, 1.165) is 19.3 Å². The van der Waals surface area contributed by atoms with Gasteiger partial charge in [0.25, 0.3) is 6.47 Å². The van der Waals surface area contributed by atoms with E-state index in [-0.39, 0.29) is 16.3 Å². The molecule has 0 amide bonds. The van der Waals surface area contributed by atoms with Crippen molar-refractivity contribution in [3.63, 3.8) is 0 Å². The van der Waals surface area contributed by atoms with Gasteiger partial charge in [-0.15, -0.1) is 0 Å². The molecule has 0 N–H and O–H groups in total. The second kappa shape index (κ2) is 4.47. The van der Waals surface area contributed by atoms with Gasteiger partial charge in [-0.1, -0.05) is 22.9 Å². The van der Waals surface area contributed by atoms with E-state index < -0.39 is 0 Å². The Hall–Kier alpha value is -0.380. The summed E-state index contributed by atoms with van der Waals surface area (Å²) in [5.41, 5.74) is 0.0971. The molecule has 2 fully saturated rings. The van der Waals surface area contributed by atoms with Gasteiger partial charge < -0.3 is 4.74 Å². The highest BCUT2D eigenvalue weighted by Gasteiger charge is 2.50. The number of carbonyl (C=O) groups is 2. The zero-order valence-electron chi connectivity index (χ0n) is 9.45. The fraction of sp³-hybridized carbons (Fsp3) is 0.833. The van der Waals surface area contributed by atoms with Crippen LogP contribution < -0.4 is 0 Å². The van der Waals surface area contributed by atoms with Crippen LogP contribution in [0.1, 0.15) is 39.0 Å². The van der Waals surface area contributed by atoms with Crippen molar-refractivity contribution in [1.29, 1.82) is 0 Å². The van der Waals surface area contributed by atoms with E-state index in [4.69, 9.17) is 4.74 Å². The van der Waals surface area contributed by atoms with E-state index >= 15 is 0 Å². The molecule has 0 radical (unpaired) electrons. The third kappa shape index (κ3) is 1.92. The van der Waals surface area contributed by atoms with Crippen LogP contribution in [0.2, 0.25) is 0 Å². The van der Waals surface area contributed by atoms with Crippen molar-refractivity contribution in [2.75, 3.05) is 0 Å². The standard InChI is InChI=1S/C12H17BrO3/c1-12-5-4-9(15)6-8(12)2-3-10(11(12)13)16-7-14/h7-8,10-11H,2-6H2,1H3/t8-,10-,11?,12?/m1/s1. The summed E-state index contributed by atoms with van der Waals surface area (Å²) in [5, 5.41) is 0. The lowest BCUT2D eigenvalue weighted by Gasteiger charge is -2.50. The summed E-state index contributed by atoms with van der Waals surface area (Å²) < 4.78 is 5.12. The van der Waals surface area contributed by atoms with Gasteiger partial charge in [-0.2, -0.15) is 0 Å². The summed E-state index contributed by atoms with van der Waals surface area (Å²) in [4.78, 5) is 22.1. The summed E-state index contributed by atoms with van der Waals surface area (Å²) in [6.45, 7) is 2.75. The highest BCUT2D eigenvalue weighted by Crippen LogP contribution is 2.52. The van der Waals surface area contributed by atoms with Crippen molar-refractivity contribution in [2.45, 2.75) is 50.0 Å². The van der Waals surface area contributed by atoms with Crippen LogP contribution >= 0.6 is 15.9 Å². The van der Waals surface area contributed by atoms with E-state index in [0.29, 0.717) is 31.0 Å². The van der Waals surface area contributed by atoms with Crippen LogP contribution in [0.5, 0.6) is 0 Å². The monoisotopic (exact) mass is 288 g/mol. The van der Waals surface area contributed by atoms with Gasteiger partial charge in [-0.25, -0.2) is 0 Å². The van der Waals surface area contributed by atoms with Gasteiger partial charge in [-0.3, -0.25) is 9.59 Å². The lowest BCUT2D eigenvalue weighted by atomic mass is 9.59. The van der Waals surface area contributed by atoms with Gasteiger partial charge in [-0.05, 0) is 30.6 Å². The molecule has 2 saturated carbocycles. The van der Waals surface area contributed by atoms with Crippen LogP contribution in [0.4, 0.5) is 0 Å². The zero-order chi connectivity index (χ0) is 11.8. The van der Waals surface area contributed by atoms with E-state index in [1.807, 2.05) is 0 Å². The number of ether oxygens (including phenoxy) is 1. The van der Waals surface area contributed by atoms with E-state index in [9.17, 15) is 9.59 Å². The molecule has 2 unspecified atom stereocenters. The minimum atomic E-state index is -0.0352. The van der Waals surface area contributed by atoms with Crippen LogP contribution in [0, 0.1) is 11.3 Å². The third-order valence-corrected chi connectivity index (χ3v) is 5.97. The third-order valence-electron chi connectivity index (χ3n) is 4.34. The first kappa shape index (κ1) is 12.1. The first-order valence-corrected chi connectivity index (χ1v) is 6.74. The molecular formula is C12H17BrO3. The van der Waals surface area contributed by atoms with Crippen LogP contribution in [-0.4, -0.2) is 23.2 Å². The van der Waals surface area contributed by atoms with Gasteiger partial charge in [0.15, 0.2) is 0 Å². The number of fused-ring (bicyclic) bond motifs is 1. The topological polar surface area (TPSA) is 43.4 Å². The smallest absolute Gasteiger partial charge is 0.293 e. The number of ketones is 1. The molecule has 0 saturated heterocycles. The fourth-order valence-corrected chi connectivity index (χ4v) is 4.15. The minimum absolute atomic E-state index is 0.0352. The number of halogens is 1. The lowest BCUT2D eigenvalue weighted by molar-refractivity contribution is -0.141. The van der Waals surface area contributed by atoms with Gasteiger partial charge in [0.1, 0.15) is 11.9 Å². The molecule has 16 heavy (non-hydrogen) atoms. The maximum Gasteiger partial charge on any atom is 0.293 e. The largest absolute Gasteiger partial charge is 0.463 e. The summed E-state index contributed by atoms with van der Waals surface area (Å²) in [7, 11) is 0. The van der Waals surface area contributed by atoms with Gasteiger partial charge in [0, 0.05) is 12.8 Å². The minimum Gasteiger partial charge on any atom is -0.463 e. The number of hydrogen-bond donors (Lipinski definition) is 0. The molecule has 2 aliphatic carbocycles. The Labute approximate surface area is 104 Å². The number of Topliss-reactive ketones (excluding diaryl/α,β-unsaturated/α-hetero) is 1. The highest BCUT2D eigenvalue weighted by atomic mass is 79.9. The fourth-order valence-electron chi connectivity index (χ4n) is 3.16. The van der Waals surface area contributed by atoms with Gasteiger partial charge in [0.2, 0.25) is 0 Å². The van der Waals surface area contributed by atoms with Crippen LogP contribution in [0.3, 0.4) is 0 Å². The van der Waals surface area contributed by atoms with Crippen LogP contribution in [0.15, 0.2) is 0 Å². The zero-order valence-corrected chi connectivity index (χ0v) is 11.0. The molecule has 0 spiro atoms. The molecular weight excluding hydrogens is 272 g/mol. The number of hydrogen-bond acceptors (Lipinski definition) is 3. The Balaban J connectivity index is 2.15. The Bertz CT molecular complexity index is 305. The molecule has 90 valence electrons. The number of carbonyl (C=O) groups excluding carboxylic acids is 2. The first-order valence-electron chi connectivity index (χ1n) is 5.83. The van der Waals surface area contributed by atoms with E-state index in [1.165, 1.54) is 0 Å². The van der Waals surface area contributed by atoms with Crippen molar-refractivity contribution in [3.05, 3.63) is 0 Å². The van der Waals surface area contributed by atoms with Crippen molar-refractivity contribution in [3.8, 4) is 0 Å². The average Bonchev–Trinajstić information content (AvgIpc) is 2.26. The van der Waals surface area contributed by atoms with Gasteiger partial charge >= 0.3 is 0 Å².